The molecule has 30 heavy (non-hydrogen) atoms. The van der Waals surface area contributed by atoms with Gasteiger partial charge in [0.15, 0.2) is 0 Å². The Hall–Kier alpha value is -2.75. The molecule has 1 aliphatic rings. The van der Waals surface area contributed by atoms with Crippen molar-refractivity contribution in [2.24, 2.45) is 5.16 Å². The van der Waals surface area contributed by atoms with E-state index >= 15 is 0 Å². The van der Waals surface area contributed by atoms with E-state index in [1.165, 1.54) is 26.2 Å². The van der Waals surface area contributed by atoms with Gasteiger partial charge in [-0.2, -0.15) is 4.31 Å². The van der Waals surface area contributed by atoms with Crippen LogP contribution in [0.25, 0.3) is 11.1 Å². The first-order valence-electron chi connectivity index (χ1n) is 9.55. The molecule has 1 aliphatic heterocycles. The minimum Gasteiger partial charge on any atom is -0.399 e. The summed E-state index contributed by atoms with van der Waals surface area (Å²) >= 11 is 0. The maximum absolute atomic E-state index is 13.3. The molecule has 3 rings (SSSR count). The van der Waals surface area contributed by atoms with Crippen LogP contribution in [0.3, 0.4) is 0 Å². The summed E-state index contributed by atoms with van der Waals surface area (Å²) in [5.41, 5.74) is 2.33. The van der Waals surface area contributed by atoms with E-state index in [1.807, 2.05) is 30.3 Å². The summed E-state index contributed by atoms with van der Waals surface area (Å²) in [4.78, 5) is 17.5. The number of hydrogen-bond acceptors (Lipinski definition) is 6. The molecule has 0 spiro atoms. The number of nitrogens with one attached hydrogen (secondary N) is 1. The average Bonchev–Trinajstić information content (AvgIpc) is 3.18. The van der Waals surface area contributed by atoms with Crippen LogP contribution in [-0.4, -0.2) is 61.8 Å². The van der Waals surface area contributed by atoms with Crippen molar-refractivity contribution in [2.75, 3.05) is 20.2 Å². The van der Waals surface area contributed by atoms with Crippen LogP contribution in [0.5, 0.6) is 0 Å². The van der Waals surface area contributed by atoms with Crippen LogP contribution >= 0.6 is 0 Å². The van der Waals surface area contributed by atoms with Gasteiger partial charge >= 0.3 is 0 Å². The zero-order valence-corrected chi connectivity index (χ0v) is 17.7. The Morgan fingerprint density at radius 3 is 2.43 bits per heavy atom. The van der Waals surface area contributed by atoms with Gasteiger partial charge in [-0.25, -0.2) is 8.42 Å². The second kappa shape index (κ2) is 9.38. The number of carbonyl (C=O) groups is 1. The fraction of sp³-hybridized carbons (Fsp3) is 0.333. The fourth-order valence-electron chi connectivity index (χ4n) is 3.30. The van der Waals surface area contributed by atoms with Gasteiger partial charge < -0.3 is 15.3 Å². The van der Waals surface area contributed by atoms with E-state index in [4.69, 9.17) is 4.84 Å². The molecule has 2 atom stereocenters. The molecule has 1 amide bonds. The van der Waals surface area contributed by atoms with Crippen molar-refractivity contribution in [2.45, 2.75) is 30.4 Å². The van der Waals surface area contributed by atoms with Crippen LogP contribution < -0.4 is 5.32 Å². The lowest BCUT2D eigenvalue weighted by molar-refractivity contribution is -0.124. The molecule has 0 saturated carbocycles. The standard InChI is InChI=1S/C21H25N3O5S/c1-15(25)13-22-21(26)20-12-18(23-29-2)14-24(20)30(27,28)19-10-8-17(9-11-19)16-6-4-3-5-7-16/h3-11,15,20,25H,12-14H2,1-2H3,(H,22,26)/t15?,20-/m0/s1. The number of oxime groups is 1. The third-order valence-corrected chi connectivity index (χ3v) is 6.65. The molecular formula is C21H25N3O5S. The van der Waals surface area contributed by atoms with Crippen molar-refractivity contribution in [3.05, 3.63) is 54.6 Å². The SMILES string of the molecule is CON=C1C[C@@H](C(=O)NCC(C)O)N(S(=O)(=O)c2ccc(-c3ccccc3)cc2)C1. The molecule has 0 bridgehead atoms. The smallest absolute Gasteiger partial charge is 0.244 e. The van der Waals surface area contributed by atoms with Gasteiger partial charge in [-0.3, -0.25) is 4.79 Å². The maximum atomic E-state index is 13.3. The zero-order valence-electron chi connectivity index (χ0n) is 16.9. The largest absolute Gasteiger partial charge is 0.399 e. The van der Waals surface area contributed by atoms with Gasteiger partial charge in [-0.05, 0) is 30.2 Å². The van der Waals surface area contributed by atoms with Crippen molar-refractivity contribution in [1.29, 1.82) is 0 Å². The molecule has 160 valence electrons. The molecule has 0 radical (unpaired) electrons. The van der Waals surface area contributed by atoms with Gasteiger partial charge in [0.05, 0.1) is 23.3 Å². The van der Waals surface area contributed by atoms with E-state index < -0.39 is 28.1 Å². The molecule has 8 nitrogen and oxygen atoms in total. The second-order valence-electron chi connectivity index (χ2n) is 7.09. The lowest BCUT2D eigenvalue weighted by Crippen LogP contribution is -2.47. The monoisotopic (exact) mass is 431 g/mol. The Balaban J connectivity index is 1.87. The van der Waals surface area contributed by atoms with Crippen LogP contribution in [0, 0.1) is 0 Å². The first kappa shape index (κ1) is 21.9. The number of benzene rings is 2. The summed E-state index contributed by atoms with van der Waals surface area (Å²) in [7, 11) is -2.58. The normalized spacial score (nSPS) is 19.6. The number of aliphatic hydroxyl groups is 1. The number of nitrogens with zero attached hydrogens (tertiary/aromatic N) is 2. The minimum atomic E-state index is -3.95. The van der Waals surface area contributed by atoms with Crippen LogP contribution in [0.1, 0.15) is 13.3 Å². The zero-order chi connectivity index (χ0) is 21.7. The third kappa shape index (κ3) is 4.86. The number of aliphatic hydroxyl groups excluding tert-OH is 1. The molecular weight excluding hydrogens is 406 g/mol. The van der Waals surface area contributed by atoms with Gasteiger partial charge in [0.1, 0.15) is 13.2 Å². The number of rotatable bonds is 7. The van der Waals surface area contributed by atoms with Gasteiger partial charge in [-0.15, -0.1) is 0 Å². The maximum Gasteiger partial charge on any atom is 0.244 e. The average molecular weight is 432 g/mol. The van der Waals surface area contributed by atoms with Crippen LogP contribution in [0.15, 0.2) is 64.6 Å². The Bertz CT molecular complexity index is 1000. The quantitative estimate of drug-likeness (QED) is 0.648. The number of amides is 1. The Kier molecular flexibility index (Phi) is 6.86. The highest BCUT2D eigenvalue weighted by Gasteiger charge is 2.42. The molecule has 0 aromatic heterocycles. The van der Waals surface area contributed by atoms with E-state index in [1.54, 1.807) is 12.1 Å². The van der Waals surface area contributed by atoms with Crippen molar-refractivity contribution < 1.29 is 23.2 Å². The molecule has 9 heteroatoms. The molecule has 2 N–H and O–H groups in total. The summed E-state index contributed by atoms with van der Waals surface area (Å²) in [5.74, 6) is -0.485. The molecule has 1 saturated heterocycles. The van der Waals surface area contributed by atoms with Crippen LogP contribution in [0.4, 0.5) is 0 Å². The molecule has 1 unspecified atom stereocenters. The molecule has 0 aliphatic carbocycles. The number of sulfonamides is 1. The summed E-state index contributed by atoms with van der Waals surface area (Å²) in [6.45, 7) is 1.53. The predicted molar refractivity (Wildman–Crippen MR) is 113 cm³/mol. The number of carbonyl (C=O) groups excluding carboxylic acids is 1. The predicted octanol–water partition coefficient (Wildman–Crippen LogP) is 1.62. The molecule has 2 aromatic carbocycles. The summed E-state index contributed by atoms with van der Waals surface area (Å²) in [5, 5.41) is 15.8. The molecule has 1 fully saturated rings. The van der Waals surface area contributed by atoms with E-state index in [2.05, 4.69) is 10.5 Å². The fourth-order valence-corrected chi connectivity index (χ4v) is 4.88. The van der Waals surface area contributed by atoms with Crippen molar-refractivity contribution in [1.82, 2.24) is 9.62 Å². The van der Waals surface area contributed by atoms with Crippen molar-refractivity contribution >= 4 is 21.6 Å². The van der Waals surface area contributed by atoms with Crippen molar-refractivity contribution in [3.63, 3.8) is 0 Å². The van der Waals surface area contributed by atoms with E-state index in [9.17, 15) is 18.3 Å². The van der Waals surface area contributed by atoms with Gasteiger partial charge in [0.2, 0.25) is 15.9 Å². The van der Waals surface area contributed by atoms with E-state index in [0.29, 0.717) is 5.71 Å². The van der Waals surface area contributed by atoms with E-state index in [-0.39, 0.29) is 24.4 Å². The lowest BCUT2D eigenvalue weighted by Gasteiger charge is -2.23. The van der Waals surface area contributed by atoms with Gasteiger partial charge in [0, 0.05) is 13.0 Å². The molecule has 1 heterocycles. The first-order chi connectivity index (χ1) is 14.3. The van der Waals surface area contributed by atoms with E-state index in [0.717, 1.165) is 15.4 Å². The Labute approximate surface area is 176 Å². The topological polar surface area (TPSA) is 108 Å². The summed E-state index contributed by atoms with van der Waals surface area (Å²) in [6.07, 6.45) is -0.612. The first-order valence-corrected chi connectivity index (χ1v) is 11.0. The highest BCUT2D eigenvalue weighted by Crippen LogP contribution is 2.27. The van der Waals surface area contributed by atoms with Crippen molar-refractivity contribution in [3.8, 4) is 11.1 Å². The lowest BCUT2D eigenvalue weighted by atomic mass is 10.1. The van der Waals surface area contributed by atoms with Crippen LogP contribution in [0.2, 0.25) is 0 Å². The third-order valence-electron chi connectivity index (χ3n) is 4.78. The van der Waals surface area contributed by atoms with Crippen LogP contribution in [-0.2, 0) is 19.7 Å². The van der Waals surface area contributed by atoms with Gasteiger partial charge in [-0.1, -0.05) is 47.6 Å². The number of hydrogen-bond donors (Lipinski definition) is 2. The Morgan fingerprint density at radius 1 is 1.20 bits per heavy atom. The molecule has 2 aromatic rings. The summed E-state index contributed by atoms with van der Waals surface area (Å²) in [6, 6.07) is 15.2. The second-order valence-corrected chi connectivity index (χ2v) is 8.99. The Morgan fingerprint density at radius 2 is 1.83 bits per heavy atom. The minimum absolute atomic E-state index is 0.0335. The van der Waals surface area contributed by atoms with Gasteiger partial charge in [0.25, 0.3) is 0 Å². The summed E-state index contributed by atoms with van der Waals surface area (Å²) < 4.78 is 27.7. The highest BCUT2D eigenvalue weighted by molar-refractivity contribution is 7.89. The highest BCUT2D eigenvalue weighted by atomic mass is 32.2.